The number of rotatable bonds is 0. The molecule has 1 N–H and O–H groups in total. The van der Waals surface area contributed by atoms with E-state index in [9.17, 15) is 13.6 Å². The van der Waals surface area contributed by atoms with Gasteiger partial charge in [0, 0.05) is 11.5 Å². The summed E-state index contributed by atoms with van der Waals surface area (Å²) in [5, 5.41) is 0.0830. The van der Waals surface area contributed by atoms with Crippen molar-refractivity contribution in [2.24, 2.45) is 0 Å². The second-order valence-electron chi connectivity index (χ2n) is 2.64. The van der Waals surface area contributed by atoms with Crippen LogP contribution in [0.15, 0.2) is 29.1 Å². The van der Waals surface area contributed by atoms with E-state index in [1.54, 1.807) is 0 Å². The van der Waals surface area contributed by atoms with Gasteiger partial charge in [-0.3, -0.25) is 4.79 Å². The van der Waals surface area contributed by atoms with E-state index >= 15 is 0 Å². The zero-order valence-electron chi connectivity index (χ0n) is 6.47. The smallest absolute Gasteiger partial charge is 0.248 e. The number of pyridine rings is 1. The van der Waals surface area contributed by atoms with Crippen LogP contribution < -0.4 is 5.56 Å². The van der Waals surface area contributed by atoms with Crippen LogP contribution in [0.2, 0.25) is 0 Å². The molecule has 0 saturated carbocycles. The van der Waals surface area contributed by atoms with Crippen LogP contribution in [-0.4, -0.2) is 4.98 Å². The average Bonchev–Trinajstić information content (AvgIpc) is 2.12. The summed E-state index contributed by atoms with van der Waals surface area (Å²) in [5.74, 6) is -1.18. The summed E-state index contributed by atoms with van der Waals surface area (Å²) >= 11 is 0. The minimum Gasteiger partial charge on any atom is -0.319 e. The van der Waals surface area contributed by atoms with Gasteiger partial charge < -0.3 is 4.98 Å². The molecule has 66 valence electrons. The maximum atomic E-state index is 13.0. The molecule has 0 aliphatic carbocycles. The molecule has 4 heteroatoms. The van der Waals surface area contributed by atoms with Gasteiger partial charge in [-0.1, -0.05) is 0 Å². The molecule has 1 heterocycles. The van der Waals surface area contributed by atoms with Gasteiger partial charge in [0.05, 0.1) is 5.52 Å². The third kappa shape index (κ3) is 1.20. The number of H-pyrrole nitrogens is 1. The molecule has 0 fully saturated rings. The monoisotopic (exact) mass is 181 g/mol. The van der Waals surface area contributed by atoms with E-state index in [-0.39, 0.29) is 10.9 Å². The van der Waals surface area contributed by atoms with Gasteiger partial charge in [-0.25, -0.2) is 8.78 Å². The third-order valence-electron chi connectivity index (χ3n) is 1.79. The standard InChI is InChI=1S/C9H5F2NO/c10-6-2-3-7(11)9-5(6)1-4-8(13)12-9/h1-4H,(H,12,13). The van der Waals surface area contributed by atoms with Gasteiger partial charge in [0.1, 0.15) is 11.6 Å². The van der Waals surface area contributed by atoms with E-state index in [1.165, 1.54) is 6.07 Å². The molecule has 0 spiro atoms. The second kappa shape index (κ2) is 2.65. The molecular weight excluding hydrogens is 176 g/mol. The molecule has 0 saturated heterocycles. The van der Waals surface area contributed by atoms with Gasteiger partial charge in [0.2, 0.25) is 5.56 Å². The van der Waals surface area contributed by atoms with Crippen molar-refractivity contribution in [2.45, 2.75) is 0 Å². The highest BCUT2D eigenvalue weighted by atomic mass is 19.1. The van der Waals surface area contributed by atoms with Crippen LogP contribution in [0.3, 0.4) is 0 Å². The molecule has 0 aliphatic rings. The van der Waals surface area contributed by atoms with Crippen LogP contribution in [0.1, 0.15) is 0 Å². The summed E-state index contributed by atoms with van der Waals surface area (Å²) < 4.78 is 26.0. The lowest BCUT2D eigenvalue weighted by molar-refractivity contribution is 0.615. The summed E-state index contributed by atoms with van der Waals surface area (Å²) in [5.41, 5.74) is -0.537. The quantitative estimate of drug-likeness (QED) is 0.660. The van der Waals surface area contributed by atoms with E-state index in [2.05, 4.69) is 4.98 Å². The van der Waals surface area contributed by atoms with Crippen LogP contribution in [-0.2, 0) is 0 Å². The van der Waals surface area contributed by atoms with E-state index in [4.69, 9.17) is 0 Å². The SMILES string of the molecule is O=c1ccc2c(F)ccc(F)c2[nH]1. The molecule has 0 amide bonds. The molecule has 2 aromatic rings. The van der Waals surface area contributed by atoms with Crippen molar-refractivity contribution in [1.82, 2.24) is 4.98 Å². The minimum atomic E-state index is -0.630. The normalized spacial score (nSPS) is 10.6. The highest BCUT2D eigenvalue weighted by molar-refractivity contribution is 5.79. The predicted molar refractivity (Wildman–Crippen MR) is 44.5 cm³/mol. The lowest BCUT2D eigenvalue weighted by Gasteiger charge is -1.98. The van der Waals surface area contributed by atoms with Crippen molar-refractivity contribution < 1.29 is 8.78 Å². The molecule has 0 aliphatic heterocycles. The Kier molecular flexibility index (Phi) is 1.62. The Morgan fingerprint density at radius 3 is 2.46 bits per heavy atom. The number of fused-ring (bicyclic) bond motifs is 1. The van der Waals surface area contributed by atoms with Gasteiger partial charge in [-0.05, 0) is 18.2 Å². The molecule has 13 heavy (non-hydrogen) atoms. The fraction of sp³-hybridized carbons (Fsp3) is 0. The van der Waals surface area contributed by atoms with Gasteiger partial charge >= 0.3 is 0 Å². The number of benzene rings is 1. The van der Waals surface area contributed by atoms with Crippen LogP contribution in [0, 0.1) is 11.6 Å². The fourth-order valence-corrected chi connectivity index (χ4v) is 1.18. The van der Waals surface area contributed by atoms with Gasteiger partial charge in [0.25, 0.3) is 0 Å². The van der Waals surface area contributed by atoms with E-state index in [0.29, 0.717) is 0 Å². The summed E-state index contributed by atoms with van der Waals surface area (Å²) in [6.45, 7) is 0. The topological polar surface area (TPSA) is 32.9 Å². The van der Waals surface area contributed by atoms with E-state index < -0.39 is 17.2 Å². The average molecular weight is 181 g/mol. The van der Waals surface area contributed by atoms with Crippen molar-refractivity contribution in [1.29, 1.82) is 0 Å². The Hall–Kier alpha value is -1.71. The van der Waals surface area contributed by atoms with Crippen molar-refractivity contribution in [3.63, 3.8) is 0 Å². The van der Waals surface area contributed by atoms with Crippen molar-refractivity contribution in [2.75, 3.05) is 0 Å². The third-order valence-corrected chi connectivity index (χ3v) is 1.79. The van der Waals surface area contributed by atoms with Gasteiger partial charge in [-0.15, -0.1) is 0 Å². The maximum Gasteiger partial charge on any atom is 0.248 e. The van der Waals surface area contributed by atoms with Crippen LogP contribution in [0.4, 0.5) is 8.78 Å². The molecule has 0 atom stereocenters. The van der Waals surface area contributed by atoms with Crippen LogP contribution >= 0.6 is 0 Å². The van der Waals surface area contributed by atoms with Crippen LogP contribution in [0.5, 0.6) is 0 Å². The Morgan fingerprint density at radius 2 is 1.69 bits per heavy atom. The van der Waals surface area contributed by atoms with Gasteiger partial charge in [-0.2, -0.15) is 0 Å². The lowest BCUT2D eigenvalue weighted by Crippen LogP contribution is -2.04. The summed E-state index contributed by atoms with van der Waals surface area (Å²) in [6.07, 6.45) is 0. The Morgan fingerprint density at radius 1 is 1.00 bits per heavy atom. The largest absolute Gasteiger partial charge is 0.319 e. The summed E-state index contributed by atoms with van der Waals surface area (Å²) in [4.78, 5) is 13.0. The number of hydrogen-bond donors (Lipinski definition) is 1. The first-order valence-corrected chi connectivity index (χ1v) is 3.65. The molecule has 2 nitrogen and oxygen atoms in total. The lowest BCUT2D eigenvalue weighted by atomic mass is 10.2. The van der Waals surface area contributed by atoms with Crippen LogP contribution in [0.25, 0.3) is 10.9 Å². The number of aromatic amines is 1. The summed E-state index contributed by atoms with van der Waals surface area (Å²) in [7, 11) is 0. The fourth-order valence-electron chi connectivity index (χ4n) is 1.18. The highest BCUT2D eigenvalue weighted by Gasteiger charge is 2.05. The highest BCUT2D eigenvalue weighted by Crippen LogP contribution is 2.16. The Balaban J connectivity index is 3.00. The van der Waals surface area contributed by atoms with Gasteiger partial charge in [0.15, 0.2) is 0 Å². The van der Waals surface area contributed by atoms with Crippen molar-refractivity contribution in [3.8, 4) is 0 Å². The minimum absolute atomic E-state index is 0.0830. The number of nitrogens with one attached hydrogen (secondary N) is 1. The zero-order valence-corrected chi connectivity index (χ0v) is 6.47. The molecule has 1 aromatic carbocycles. The molecular formula is C9H5F2NO. The number of halogens is 2. The first-order chi connectivity index (χ1) is 6.18. The first kappa shape index (κ1) is 7.91. The maximum absolute atomic E-state index is 13.0. The van der Waals surface area contributed by atoms with Crippen molar-refractivity contribution >= 4 is 10.9 Å². The molecule has 0 bridgehead atoms. The first-order valence-electron chi connectivity index (χ1n) is 3.65. The second-order valence-corrected chi connectivity index (χ2v) is 2.64. The molecule has 0 unspecified atom stereocenters. The Bertz CT molecular complexity index is 518. The molecule has 1 aromatic heterocycles. The number of hydrogen-bond acceptors (Lipinski definition) is 1. The van der Waals surface area contributed by atoms with E-state index in [0.717, 1.165) is 18.2 Å². The molecule has 0 radical (unpaired) electrons. The summed E-state index contributed by atoms with van der Waals surface area (Å²) in [6, 6.07) is 4.42. The number of aromatic nitrogens is 1. The Labute approximate surface area is 71.8 Å². The van der Waals surface area contributed by atoms with Crippen molar-refractivity contribution in [3.05, 3.63) is 46.3 Å². The zero-order chi connectivity index (χ0) is 9.42. The predicted octanol–water partition coefficient (Wildman–Crippen LogP) is 1.81. The molecule has 2 rings (SSSR count). The van der Waals surface area contributed by atoms with E-state index in [1.807, 2.05) is 0 Å².